The maximum absolute atomic E-state index is 11.2. The van der Waals surface area contributed by atoms with Crippen LogP contribution in [0.25, 0.3) is 0 Å². The van der Waals surface area contributed by atoms with Gasteiger partial charge in [-0.05, 0) is 0 Å². The first-order chi connectivity index (χ1) is 6.97. The topological polar surface area (TPSA) is 92.7 Å². The Morgan fingerprint density at radius 3 is 2.53 bits per heavy atom. The highest BCUT2D eigenvalue weighted by Crippen LogP contribution is 2.21. The third kappa shape index (κ3) is 6.99. The Bertz CT molecular complexity index is 255. The summed E-state index contributed by atoms with van der Waals surface area (Å²) in [7, 11) is -0.123. The number of carboxylic acid groups (broad SMARTS) is 1. The van der Waals surface area contributed by atoms with E-state index in [0.29, 0.717) is 0 Å². The van der Waals surface area contributed by atoms with E-state index in [2.05, 4.69) is 10.1 Å². The van der Waals surface area contributed by atoms with E-state index >= 15 is 0 Å². The molecule has 7 heteroatoms. The molecule has 0 rings (SSSR count). The second-order valence-electron chi connectivity index (χ2n) is 3.00. The highest BCUT2D eigenvalue weighted by Gasteiger charge is 2.23. The molecular weight excluding hydrogens is 221 g/mol. The fourth-order valence-electron chi connectivity index (χ4n) is 0.984. The molecule has 6 nitrogen and oxygen atoms in total. The van der Waals surface area contributed by atoms with Crippen molar-refractivity contribution in [3.63, 3.8) is 0 Å². The van der Waals surface area contributed by atoms with Gasteiger partial charge in [-0.3, -0.25) is 4.79 Å². The molecule has 0 bridgehead atoms. The van der Waals surface area contributed by atoms with Gasteiger partial charge in [0.15, 0.2) is 6.16 Å². The number of carbonyl (C=O) groups excluding carboxylic acids is 1. The van der Waals surface area contributed by atoms with Crippen LogP contribution >= 0.6 is 7.80 Å². The van der Waals surface area contributed by atoms with E-state index in [0.717, 1.165) is 0 Å². The maximum atomic E-state index is 11.2. The van der Waals surface area contributed by atoms with Gasteiger partial charge >= 0.3 is 13.8 Å². The lowest BCUT2D eigenvalue weighted by molar-refractivity contribution is -0.141. The normalized spacial score (nSPS) is 13.1. The van der Waals surface area contributed by atoms with E-state index in [-0.39, 0.29) is 18.9 Å². The number of nitrogens with one attached hydrogen (secondary N) is 1. The average molecular weight is 236 g/mol. The third-order valence-electron chi connectivity index (χ3n) is 1.62. The summed E-state index contributed by atoms with van der Waals surface area (Å²) >= 11 is 0. The standard InChI is InChI=1S/C8H14NO5P/c1-6(10)9-7(8(11)12)3-4-15(13)5-14-2/h7H,3-5H2,1-2H3,(H-,9,10,11,12)/p+1. The van der Waals surface area contributed by atoms with Gasteiger partial charge in [-0.25, -0.2) is 4.79 Å². The Morgan fingerprint density at radius 1 is 1.53 bits per heavy atom. The number of hydrogen-bond donors (Lipinski definition) is 2. The van der Waals surface area contributed by atoms with Crippen molar-refractivity contribution in [1.82, 2.24) is 5.32 Å². The van der Waals surface area contributed by atoms with Crippen molar-refractivity contribution < 1.29 is 24.0 Å². The fourth-order valence-corrected chi connectivity index (χ4v) is 1.95. The average Bonchev–Trinajstić information content (AvgIpc) is 2.11. The van der Waals surface area contributed by atoms with Gasteiger partial charge in [0.25, 0.3) is 0 Å². The summed E-state index contributed by atoms with van der Waals surface area (Å²) in [6.07, 6.45) is 0.482. The Balaban J connectivity index is 4.01. The van der Waals surface area contributed by atoms with Crippen molar-refractivity contribution in [2.45, 2.75) is 19.4 Å². The molecular formula is C8H15NO5P+. The van der Waals surface area contributed by atoms with Gasteiger partial charge in [-0.2, -0.15) is 0 Å². The van der Waals surface area contributed by atoms with Crippen LogP contribution in [-0.2, 0) is 18.9 Å². The number of carboxylic acids is 1. The molecule has 0 saturated heterocycles. The molecule has 0 aliphatic rings. The van der Waals surface area contributed by atoms with Gasteiger partial charge in [0.05, 0.1) is 0 Å². The molecule has 1 amide bonds. The van der Waals surface area contributed by atoms with Crippen molar-refractivity contribution in [3.8, 4) is 0 Å². The number of aliphatic carboxylic acids is 1. The van der Waals surface area contributed by atoms with E-state index in [1.807, 2.05) is 0 Å². The predicted molar refractivity (Wildman–Crippen MR) is 54.2 cm³/mol. The SMILES string of the molecule is COC[P+](=O)CCC(NC(C)=O)C(=O)O. The lowest BCUT2D eigenvalue weighted by atomic mass is 10.2. The lowest BCUT2D eigenvalue weighted by Gasteiger charge is -2.09. The molecule has 15 heavy (non-hydrogen) atoms. The summed E-state index contributed by atoms with van der Waals surface area (Å²) in [5, 5.41) is 11.0. The minimum Gasteiger partial charge on any atom is -0.480 e. The van der Waals surface area contributed by atoms with E-state index < -0.39 is 25.7 Å². The van der Waals surface area contributed by atoms with Crippen LogP contribution in [0.5, 0.6) is 0 Å². The van der Waals surface area contributed by atoms with Crippen molar-refractivity contribution in [2.75, 3.05) is 19.6 Å². The zero-order valence-electron chi connectivity index (χ0n) is 8.73. The van der Waals surface area contributed by atoms with Crippen LogP contribution in [0.1, 0.15) is 13.3 Å². The Labute approximate surface area is 88.8 Å². The highest BCUT2D eigenvalue weighted by atomic mass is 31.1. The molecule has 2 N–H and O–H groups in total. The van der Waals surface area contributed by atoms with Crippen LogP contribution in [0.4, 0.5) is 0 Å². The predicted octanol–water partition coefficient (Wildman–Crippen LogP) is 0.397. The molecule has 0 spiro atoms. The van der Waals surface area contributed by atoms with Crippen molar-refractivity contribution >= 4 is 19.7 Å². The summed E-state index contributed by atoms with van der Waals surface area (Å²) in [5.41, 5.74) is 0. The van der Waals surface area contributed by atoms with E-state index in [4.69, 9.17) is 5.11 Å². The zero-order valence-corrected chi connectivity index (χ0v) is 9.62. The molecule has 0 aromatic rings. The molecule has 0 aromatic heterocycles. The molecule has 0 aromatic carbocycles. The number of amides is 1. The van der Waals surface area contributed by atoms with Gasteiger partial charge in [0.1, 0.15) is 6.04 Å². The first-order valence-corrected chi connectivity index (χ1v) is 6.01. The summed E-state index contributed by atoms with van der Waals surface area (Å²) in [6, 6.07) is -0.974. The van der Waals surface area contributed by atoms with Crippen LogP contribution in [0.15, 0.2) is 0 Å². The molecule has 0 fully saturated rings. The van der Waals surface area contributed by atoms with Crippen molar-refractivity contribution in [3.05, 3.63) is 0 Å². The molecule has 0 aliphatic carbocycles. The summed E-state index contributed by atoms with van der Waals surface area (Å²) < 4.78 is 15.8. The fraction of sp³-hybridized carbons (Fsp3) is 0.750. The number of hydrogen-bond acceptors (Lipinski definition) is 4. The molecule has 0 heterocycles. The highest BCUT2D eigenvalue weighted by molar-refractivity contribution is 7.44. The Kier molecular flexibility index (Phi) is 6.83. The first-order valence-electron chi connectivity index (χ1n) is 4.38. The van der Waals surface area contributed by atoms with Gasteiger partial charge < -0.3 is 15.2 Å². The number of ether oxygens (including phenoxy) is 1. The molecule has 0 aliphatic heterocycles. The quantitative estimate of drug-likeness (QED) is 0.624. The monoisotopic (exact) mass is 236 g/mol. The van der Waals surface area contributed by atoms with Crippen molar-refractivity contribution in [1.29, 1.82) is 0 Å². The number of carbonyl (C=O) groups is 2. The van der Waals surface area contributed by atoms with Gasteiger partial charge in [-0.1, -0.05) is 4.57 Å². The zero-order chi connectivity index (χ0) is 11.8. The summed E-state index contributed by atoms with van der Waals surface area (Å²) in [5.74, 6) is -1.53. The van der Waals surface area contributed by atoms with Crippen LogP contribution < -0.4 is 5.32 Å². The van der Waals surface area contributed by atoms with Gasteiger partial charge in [0.2, 0.25) is 12.3 Å². The molecule has 2 unspecified atom stereocenters. The van der Waals surface area contributed by atoms with Crippen LogP contribution in [-0.4, -0.2) is 42.6 Å². The smallest absolute Gasteiger partial charge is 0.367 e. The van der Waals surface area contributed by atoms with Crippen LogP contribution in [0, 0.1) is 0 Å². The number of methoxy groups -OCH3 is 1. The largest absolute Gasteiger partial charge is 0.480 e. The number of rotatable bonds is 7. The molecule has 0 radical (unpaired) electrons. The summed E-state index contributed by atoms with van der Waals surface area (Å²) in [4.78, 5) is 21.3. The van der Waals surface area contributed by atoms with Crippen molar-refractivity contribution in [2.24, 2.45) is 0 Å². The Hall–Kier alpha value is -1.00. The van der Waals surface area contributed by atoms with E-state index in [1.54, 1.807) is 0 Å². The second-order valence-corrected chi connectivity index (χ2v) is 4.67. The third-order valence-corrected chi connectivity index (χ3v) is 2.92. The Morgan fingerprint density at radius 2 is 2.13 bits per heavy atom. The lowest BCUT2D eigenvalue weighted by Crippen LogP contribution is -2.39. The second kappa shape index (κ2) is 7.31. The van der Waals surface area contributed by atoms with Gasteiger partial charge in [-0.15, -0.1) is 0 Å². The molecule has 86 valence electrons. The summed E-state index contributed by atoms with van der Waals surface area (Å²) in [6.45, 7) is 1.24. The van der Waals surface area contributed by atoms with Crippen LogP contribution in [0.3, 0.4) is 0 Å². The molecule has 0 saturated carbocycles. The maximum Gasteiger partial charge on any atom is 0.367 e. The minimum absolute atomic E-state index is 0.113. The van der Waals surface area contributed by atoms with Gasteiger partial charge in [0, 0.05) is 20.5 Å². The first kappa shape index (κ1) is 14.0. The van der Waals surface area contributed by atoms with E-state index in [1.165, 1.54) is 14.0 Å². The molecule has 2 atom stereocenters. The van der Waals surface area contributed by atoms with E-state index in [9.17, 15) is 14.2 Å². The van der Waals surface area contributed by atoms with Crippen LogP contribution in [0.2, 0.25) is 0 Å². The minimum atomic E-state index is -1.55.